The lowest BCUT2D eigenvalue weighted by Gasteiger charge is -2.41. The van der Waals surface area contributed by atoms with Crippen LogP contribution in [0.1, 0.15) is 24.4 Å². The standard InChI is InChI=1S/C17H20FN5O/c18-14-5-3-13(4-6-14)8-21-7-1-2-16(21)17(24)22-9-15(10-22)23-12-19-11-20-23/h3-6,11-12,15-16H,1-2,7-10H2. The summed E-state index contributed by atoms with van der Waals surface area (Å²) < 4.78 is 14.8. The zero-order valence-corrected chi connectivity index (χ0v) is 13.4. The molecule has 3 heterocycles. The summed E-state index contributed by atoms with van der Waals surface area (Å²) in [6, 6.07) is 6.70. The molecule has 1 amide bonds. The summed E-state index contributed by atoms with van der Waals surface area (Å²) >= 11 is 0. The van der Waals surface area contributed by atoms with Gasteiger partial charge in [-0.3, -0.25) is 9.69 Å². The number of aromatic nitrogens is 3. The van der Waals surface area contributed by atoms with Crippen molar-refractivity contribution in [2.24, 2.45) is 0 Å². The maximum Gasteiger partial charge on any atom is 0.240 e. The highest BCUT2D eigenvalue weighted by atomic mass is 19.1. The largest absolute Gasteiger partial charge is 0.337 e. The van der Waals surface area contributed by atoms with E-state index in [9.17, 15) is 9.18 Å². The van der Waals surface area contributed by atoms with Crippen LogP contribution in [0, 0.1) is 5.82 Å². The van der Waals surface area contributed by atoms with Crippen LogP contribution in [0.3, 0.4) is 0 Å². The zero-order chi connectivity index (χ0) is 16.5. The molecule has 126 valence electrons. The number of rotatable bonds is 4. The number of hydrogen-bond acceptors (Lipinski definition) is 4. The number of benzene rings is 1. The summed E-state index contributed by atoms with van der Waals surface area (Å²) in [5, 5.41) is 4.13. The Labute approximate surface area is 139 Å². The van der Waals surface area contributed by atoms with E-state index in [2.05, 4.69) is 15.0 Å². The van der Waals surface area contributed by atoms with Crippen molar-refractivity contribution in [1.82, 2.24) is 24.6 Å². The normalized spacial score (nSPS) is 21.9. The first-order chi connectivity index (χ1) is 11.7. The summed E-state index contributed by atoms with van der Waals surface area (Å²) in [4.78, 5) is 20.8. The lowest BCUT2D eigenvalue weighted by molar-refractivity contribution is -0.142. The third kappa shape index (κ3) is 2.91. The van der Waals surface area contributed by atoms with Crippen molar-refractivity contribution in [2.75, 3.05) is 19.6 Å². The SMILES string of the molecule is O=C(C1CCCN1Cc1ccc(F)cc1)N1CC(n2cncn2)C1. The van der Waals surface area contributed by atoms with Crippen molar-refractivity contribution < 1.29 is 9.18 Å². The number of nitrogens with zero attached hydrogens (tertiary/aromatic N) is 5. The summed E-state index contributed by atoms with van der Waals surface area (Å²) in [5.41, 5.74) is 1.04. The van der Waals surface area contributed by atoms with Crippen LogP contribution >= 0.6 is 0 Å². The van der Waals surface area contributed by atoms with Crippen LogP contribution in [-0.4, -0.2) is 56.1 Å². The molecule has 6 nitrogen and oxygen atoms in total. The highest BCUT2D eigenvalue weighted by Crippen LogP contribution is 2.27. The Morgan fingerprint density at radius 2 is 2.04 bits per heavy atom. The van der Waals surface area contributed by atoms with Gasteiger partial charge in [-0.15, -0.1) is 0 Å². The second-order valence-corrected chi connectivity index (χ2v) is 6.53. The van der Waals surface area contributed by atoms with Gasteiger partial charge >= 0.3 is 0 Å². The monoisotopic (exact) mass is 329 g/mol. The van der Waals surface area contributed by atoms with Crippen LogP contribution in [0.25, 0.3) is 0 Å². The molecule has 2 aliphatic heterocycles. The van der Waals surface area contributed by atoms with Crippen LogP contribution in [0.5, 0.6) is 0 Å². The zero-order valence-electron chi connectivity index (χ0n) is 13.4. The fraction of sp³-hybridized carbons (Fsp3) is 0.471. The van der Waals surface area contributed by atoms with Gasteiger partial charge in [0, 0.05) is 19.6 Å². The van der Waals surface area contributed by atoms with Crippen LogP contribution in [0.4, 0.5) is 4.39 Å². The lowest BCUT2D eigenvalue weighted by Crippen LogP contribution is -2.56. The van der Waals surface area contributed by atoms with E-state index >= 15 is 0 Å². The first-order valence-corrected chi connectivity index (χ1v) is 8.32. The number of likely N-dealkylation sites (tertiary alicyclic amines) is 2. The molecular weight excluding hydrogens is 309 g/mol. The minimum absolute atomic E-state index is 0.0632. The molecule has 2 aromatic rings. The predicted octanol–water partition coefficient (Wildman–Crippen LogP) is 1.47. The van der Waals surface area contributed by atoms with Crippen molar-refractivity contribution in [3.05, 3.63) is 48.3 Å². The summed E-state index contributed by atoms with van der Waals surface area (Å²) in [7, 11) is 0. The maximum atomic E-state index is 13.0. The van der Waals surface area contributed by atoms with Gasteiger partial charge in [0.1, 0.15) is 18.5 Å². The number of carbonyl (C=O) groups excluding carboxylic acids is 1. The van der Waals surface area contributed by atoms with E-state index in [-0.39, 0.29) is 23.8 Å². The maximum absolute atomic E-state index is 13.0. The topological polar surface area (TPSA) is 54.3 Å². The van der Waals surface area contributed by atoms with E-state index < -0.39 is 0 Å². The molecule has 2 saturated heterocycles. The average molecular weight is 329 g/mol. The van der Waals surface area contributed by atoms with Crippen LogP contribution in [0.2, 0.25) is 0 Å². The van der Waals surface area contributed by atoms with Gasteiger partial charge in [-0.25, -0.2) is 14.1 Å². The molecule has 0 bridgehead atoms. The molecule has 1 unspecified atom stereocenters. The average Bonchev–Trinajstić information content (AvgIpc) is 3.20. The molecule has 7 heteroatoms. The quantitative estimate of drug-likeness (QED) is 0.852. The summed E-state index contributed by atoms with van der Waals surface area (Å²) in [6.45, 7) is 3.00. The number of amides is 1. The minimum atomic E-state index is -0.229. The van der Waals surface area contributed by atoms with Crippen molar-refractivity contribution in [1.29, 1.82) is 0 Å². The first kappa shape index (κ1) is 15.3. The Morgan fingerprint density at radius 1 is 1.25 bits per heavy atom. The molecule has 0 saturated carbocycles. The van der Waals surface area contributed by atoms with E-state index in [1.807, 2.05) is 9.58 Å². The van der Waals surface area contributed by atoms with E-state index in [0.29, 0.717) is 19.6 Å². The van der Waals surface area contributed by atoms with Crippen LogP contribution in [0.15, 0.2) is 36.9 Å². The molecule has 0 radical (unpaired) electrons. The van der Waals surface area contributed by atoms with Crippen molar-refractivity contribution in [2.45, 2.75) is 31.5 Å². The smallest absolute Gasteiger partial charge is 0.240 e. The molecule has 0 N–H and O–H groups in total. The first-order valence-electron chi connectivity index (χ1n) is 8.32. The molecule has 2 fully saturated rings. The van der Waals surface area contributed by atoms with Gasteiger partial charge in [0.2, 0.25) is 5.91 Å². The van der Waals surface area contributed by atoms with Gasteiger partial charge in [0.15, 0.2) is 0 Å². The van der Waals surface area contributed by atoms with E-state index in [0.717, 1.165) is 24.9 Å². The Bertz CT molecular complexity index is 696. The Hall–Kier alpha value is -2.28. The van der Waals surface area contributed by atoms with Gasteiger partial charge in [-0.2, -0.15) is 5.10 Å². The van der Waals surface area contributed by atoms with Crippen molar-refractivity contribution >= 4 is 5.91 Å². The molecule has 0 aliphatic carbocycles. The molecular formula is C17H20FN5O. The fourth-order valence-electron chi connectivity index (χ4n) is 3.54. The second-order valence-electron chi connectivity index (χ2n) is 6.53. The molecule has 1 aromatic heterocycles. The molecule has 2 aliphatic rings. The third-order valence-corrected chi connectivity index (χ3v) is 4.93. The highest BCUT2D eigenvalue weighted by molar-refractivity contribution is 5.83. The van der Waals surface area contributed by atoms with E-state index in [1.165, 1.54) is 18.5 Å². The third-order valence-electron chi connectivity index (χ3n) is 4.93. The molecule has 0 spiro atoms. The predicted molar refractivity (Wildman–Crippen MR) is 85.5 cm³/mol. The minimum Gasteiger partial charge on any atom is -0.337 e. The van der Waals surface area contributed by atoms with Gasteiger partial charge in [0.25, 0.3) is 0 Å². The Morgan fingerprint density at radius 3 is 2.75 bits per heavy atom. The molecule has 24 heavy (non-hydrogen) atoms. The van der Waals surface area contributed by atoms with E-state index in [4.69, 9.17) is 0 Å². The van der Waals surface area contributed by atoms with Crippen LogP contribution in [-0.2, 0) is 11.3 Å². The Kier molecular flexibility index (Phi) is 4.02. The van der Waals surface area contributed by atoms with Gasteiger partial charge in [0.05, 0.1) is 12.1 Å². The number of carbonyl (C=O) groups is 1. The fourth-order valence-corrected chi connectivity index (χ4v) is 3.54. The highest BCUT2D eigenvalue weighted by Gasteiger charge is 2.39. The lowest BCUT2D eigenvalue weighted by atomic mass is 10.1. The van der Waals surface area contributed by atoms with Crippen molar-refractivity contribution in [3.63, 3.8) is 0 Å². The number of hydrogen-bond donors (Lipinski definition) is 0. The second kappa shape index (κ2) is 6.32. The summed E-state index contributed by atoms with van der Waals surface area (Å²) in [6.07, 6.45) is 5.14. The number of halogens is 1. The van der Waals surface area contributed by atoms with Gasteiger partial charge in [-0.05, 0) is 37.1 Å². The van der Waals surface area contributed by atoms with Gasteiger partial charge in [-0.1, -0.05) is 12.1 Å². The van der Waals surface area contributed by atoms with Crippen LogP contribution < -0.4 is 0 Å². The molecule has 4 rings (SSSR count). The van der Waals surface area contributed by atoms with Crippen molar-refractivity contribution in [3.8, 4) is 0 Å². The molecule has 1 aromatic carbocycles. The van der Waals surface area contributed by atoms with Gasteiger partial charge < -0.3 is 4.90 Å². The Balaban J connectivity index is 1.36. The van der Waals surface area contributed by atoms with E-state index in [1.54, 1.807) is 18.5 Å². The summed E-state index contributed by atoms with van der Waals surface area (Å²) in [5.74, 6) is -0.0292. The molecule has 1 atom stereocenters.